The molecule has 0 aromatic heterocycles. The monoisotopic (exact) mass is 609 g/mol. The van der Waals surface area contributed by atoms with Gasteiger partial charge in [0.05, 0.1) is 0 Å². The van der Waals surface area contributed by atoms with E-state index in [9.17, 15) is 0 Å². The van der Waals surface area contributed by atoms with E-state index in [0.717, 1.165) is 35.4 Å². The summed E-state index contributed by atoms with van der Waals surface area (Å²) >= 11 is 3.55. The highest BCUT2D eigenvalue weighted by Crippen LogP contribution is 2.37. The van der Waals surface area contributed by atoms with Crippen LogP contribution in [0.4, 0.5) is 17.1 Å². The summed E-state index contributed by atoms with van der Waals surface area (Å²) in [6, 6.07) is 43.3. The molecule has 1 aliphatic carbocycles. The van der Waals surface area contributed by atoms with E-state index in [0.29, 0.717) is 0 Å². The number of halogens is 1. The average Bonchev–Trinajstić information content (AvgIpc) is 3.05. The first-order valence-electron chi connectivity index (χ1n) is 14.5. The van der Waals surface area contributed by atoms with Gasteiger partial charge in [-0.3, -0.25) is 0 Å². The molecule has 0 heterocycles. The minimum absolute atomic E-state index is 0.934. The highest BCUT2D eigenvalue weighted by atomic mass is 79.9. The molecule has 0 radical (unpaired) electrons. The number of fused-ring (bicyclic) bond motifs is 1. The number of nitrogens with one attached hydrogen (secondary N) is 1. The third-order valence-electron chi connectivity index (χ3n) is 7.60. The van der Waals surface area contributed by atoms with Crippen LogP contribution in [0, 0.1) is 6.92 Å². The number of hydrogen-bond acceptors (Lipinski definition) is 1. The lowest BCUT2D eigenvalue weighted by atomic mass is 9.87. The van der Waals surface area contributed by atoms with E-state index in [1.54, 1.807) is 0 Å². The number of para-hydroxylation sites is 2. The van der Waals surface area contributed by atoms with Crippen molar-refractivity contribution in [3.8, 4) is 0 Å². The van der Waals surface area contributed by atoms with Crippen molar-refractivity contribution < 1.29 is 0 Å². The van der Waals surface area contributed by atoms with Crippen LogP contribution in [0.1, 0.15) is 23.1 Å². The average molecular weight is 611 g/mol. The van der Waals surface area contributed by atoms with E-state index in [1.807, 2.05) is 0 Å². The molecule has 0 unspecified atom stereocenters. The van der Waals surface area contributed by atoms with E-state index in [1.165, 1.54) is 44.3 Å². The van der Waals surface area contributed by atoms with Crippen molar-refractivity contribution in [1.29, 1.82) is 0 Å². The largest absolute Gasteiger partial charge is 0.385 e. The third-order valence-corrected chi connectivity index (χ3v) is 8.16. The maximum absolute atomic E-state index is 3.65. The topological polar surface area (TPSA) is 15.0 Å². The molecule has 1 aliphatic rings. The molecule has 3 heteroatoms. The molecule has 0 saturated heterocycles. The number of allylic oxidation sites excluding steroid dienone is 5. The van der Waals surface area contributed by atoms with Gasteiger partial charge in [0.25, 0.3) is 0 Å². The maximum atomic E-state index is 3.65. The zero-order valence-corrected chi connectivity index (χ0v) is 25.4. The molecule has 0 spiro atoms. The summed E-state index contributed by atoms with van der Waals surface area (Å²) in [5.41, 5.74) is 10.7. The molecule has 6 rings (SSSR count). The SMILES string of the molecule is Cc1ccc(C(=C2C=CC(=[N+](c3ccccc3)c3ccccc3)C=C2)c2ccc(NCCCBr)c3ccccc23)cc1. The molecule has 0 bridgehead atoms. The molecule has 0 saturated carbocycles. The Hall–Kier alpha value is -4.47. The first kappa shape index (κ1) is 27.7. The van der Waals surface area contributed by atoms with Crippen LogP contribution in [0.2, 0.25) is 0 Å². The molecular weight excluding hydrogens is 576 g/mol. The highest BCUT2D eigenvalue weighted by molar-refractivity contribution is 9.09. The summed E-state index contributed by atoms with van der Waals surface area (Å²) < 4.78 is 2.30. The van der Waals surface area contributed by atoms with Crippen LogP contribution >= 0.6 is 15.9 Å². The minimum Gasteiger partial charge on any atom is -0.385 e. The zero-order valence-electron chi connectivity index (χ0n) is 23.8. The summed E-state index contributed by atoms with van der Waals surface area (Å²) in [5.74, 6) is 0. The van der Waals surface area contributed by atoms with Crippen LogP contribution in [0.5, 0.6) is 0 Å². The smallest absolute Gasteiger partial charge is 0.211 e. The normalized spacial score (nSPS) is 12.5. The van der Waals surface area contributed by atoms with Gasteiger partial charge in [-0.1, -0.05) is 112 Å². The standard InChI is InChI=1S/C39H33BrN2/c1-29-17-19-30(20-18-29)39(37-25-26-38(41-28-10-27-40)36-16-9-8-15-35(36)37)31-21-23-34(24-22-31)42(32-11-4-2-5-12-32)33-13-6-3-7-14-33/h2-9,11-26H,10,27-28H2,1H3/p+1. The van der Waals surface area contributed by atoms with Gasteiger partial charge in [-0.05, 0) is 59.2 Å². The molecule has 0 fully saturated rings. The van der Waals surface area contributed by atoms with Gasteiger partial charge in [-0.2, -0.15) is 4.58 Å². The predicted octanol–water partition coefficient (Wildman–Crippen LogP) is 10.2. The Balaban J connectivity index is 1.52. The number of alkyl halides is 1. The molecule has 42 heavy (non-hydrogen) atoms. The van der Waals surface area contributed by atoms with Crippen molar-refractivity contribution >= 4 is 55.0 Å². The van der Waals surface area contributed by atoms with Crippen LogP contribution in [0.25, 0.3) is 16.3 Å². The number of hydrogen-bond donors (Lipinski definition) is 1. The summed E-state index contributed by atoms with van der Waals surface area (Å²) in [6.07, 6.45) is 10.1. The molecule has 1 N–H and O–H groups in total. The molecule has 5 aromatic rings. The van der Waals surface area contributed by atoms with E-state index in [-0.39, 0.29) is 0 Å². The summed E-state index contributed by atoms with van der Waals surface area (Å²) in [5, 5.41) is 7.12. The second kappa shape index (κ2) is 13.0. The molecule has 5 aromatic carbocycles. The van der Waals surface area contributed by atoms with Crippen LogP contribution in [-0.2, 0) is 0 Å². The third kappa shape index (κ3) is 5.93. The molecule has 206 valence electrons. The number of rotatable bonds is 8. The van der Waals surface area contributed by atoms with E-state index < -0.39 is 0 Å². The minimum atomic E-state index is 0.934. The van der Waals surface area contributed by atoms with Crippen molar-refractivity contribution in [2.24, 2.45) is 0 Å². The summed E-state index contributed by atoms with van der Waals surface area (Å²) in [6.45, 7) is 3.08. The van der Waals surface area contributed by atoms with Gasteiger partial charge in [0.2, 0.25) is 17.1 Å². The van der Waals surface area contributed by atoms with Crippen molar-refractivity contribution in [3.05, 3.63) is 168 Å². The Morgan fingerprint density at radius 1 is 0.643 bits per heavy atom. The fourth-order valence-electron chi connectivity index (χ4n) is 5.54. The lowest BCUT2D eigenvalue weighted by Gasteiger charge is -2.18. The Kier molecular flexibility index (Phi) is 8.58. The Morgan fingerprint density at radius 3 is 1.86 bits per heavy atom. The number of anilines is 1. The second-order valence-corrected chi connectivity index (χ2v) is 11.3. The first-order valence-corrected chi connectivity index (χ1v) is 15.6. The van der Waals surface area contributed by atoms with Gasteiger partial charge >= 0.3 is 0 Å². The Morgan fingerprint density at radius 2 is 1.24 bits per heavy atom. The van der Waals surface area contributed by atoms with Crippen LogP contribution < -0.4 is 9.89 Å². The molecule has 0 aliphatic heterocycles. The Labute approximate surface area is 257 Å². The lowest BCUT2D eigenvalue weighted by Crippen LogP contribution is -2.14. The highest BCUT2D eigenvalue weighted by Gasteiger charge is 2.21. The van der Waals surface area contributed by atoms with Gasteiger partial charge in [0, 0.05) is 59.4 Å². The summed E-state index contributed by atoms with van der Waals surface area (Å²) in [7, 11) is 0. The maximum Gasteiger partial charge on any atom is 0.211 e. The molecule has 2 nitrogen and oxygen atoms in total. The first-order chi connectivity index (χ1) is 20.7. The van der Waals surface area contributed by atoms with Gasteiger partial charge in [0.1, 0.15) is 0 Å². The van der Waals surface area contributed by atoms with Crippen molar-refractivity contribution in [3.63, 3.8) is 0 Å². The fourth-order valence-corrected chi connectivity index (χ4v) is 5.82. The molecular formula is C39H34BrN2+. The van der Waals surface area contributed by atoms with Crippen LogP contribution in [0.15, 0.2) is 151 Å². The van der Waals surface area contributed by atoms with Crippen molar-refractivity contribution in [1.82, 2.24) is 4.58 Å². The van der Waals surface area contributed by atoms with Crippen LogP contribution in [0.3, 0.4) is 0 Å². The number of aryl methyl sites for hydroxylation is 1. The molecule has 0 atom stereocenters. The quantitative estimate of drug-likeness (QED) is 0.105. The number of nitrogens with zero attached hydrogens (tertiary/aromatic N) is 1. The van der Waals surface area contributed by atoms with E-state index in [2.05, 4.69) is 178 Å². The lowest BCUT2D eigenvalue weighted by molar-refractivity contribution is 1.00. The van der Waals surface area contributed by atoms with Crippen molar-refractivity contribution in [2.75, 3.05) is 17.2 Å². The predicted molar refractivity (Wildman–Crippen MR) is 186 cm³/mol. The molecule has 0 amide bonds. The fraction of sp³-hybridized carbons (Fsp3) is 0.103. The van der Waals surface area contributed by atoms with Gasteiger partial charge < -0.3 is 5.32 Å². The van der Waals surface area contributed by atoms with Gasteiger partial charge in [0.15, 0.2) is 0 Å². The summed E-state index contributed by atoms with van der Waals surface area (Å²) in [4.78, 5) is 0. The Bertz CT molecular complexity index is 1750. The number of benzene rings is 5. The van der Waals surface area contributed by atoms with Crippen LogP contribution in [-0.4, -0.2) is 17.6 Å². The van der Waals surface area contributed by atoms with Gasteiger partial charge in [-0.25, -0.2) is 0 Å². The van der Waals surface area contributed by atoms with E-state index in [4.69, 9.17) is 0 Å². The zero-order chi connectivity index (χ0) is 28.7. The van der Waals surface area contributed by atoms with E-state index >= 15 is 0 Å². The van der Waals surface area contributed by atoms with Gasteiger partial charge in [-0.15, -0.1) is 0 Å². The van der Waals surface area contributed by atoms with Crippen molar-refractivity contribution in [2.45, 2.75) is 13.3 Å². The second-order valence-electron chi connectivity index (χ2n) is 10.5.